The molecular formula is C26H29N3O4. The fraction of sp³-hybridized carbons (Fsp3) is 0.385. The number of nitrogens with one attached hydrogen (secondary N) is 1. The van der Waals surface area contributed by atoms with Gasteiger partial charge in [0.2, 0.25) is 11.8 Å². The molecule has 1 aliphatic heterocycles. The molecule has 4 rings (SSSR count). The first kappa shape index (κ1) is 22.7. The second kappa shape index (κ2) is 10.9. The Kier molecular flexibility index (Phi) is 7.50. The van der Waals surface area contributed by atoms with Crippen molar-refractivity contribution in [1.29, 1.82) is 0 Å². The van der Waals surface area contributed by atoms with Gasteiger partial charge in [-0.05, 0) is 67.4 Å². The van der Waals surface area contributed by atoms with Crippen LogP contribution in [0, 0.1) is 5.92 Å². The van der Waals surface area contributed by atoms with Crippen molar-refractivity contribution in [3.05, 3.63) is 71.6 Å². The van der Waals surface area contributed by atoms with E-state index in [1.807, 2.05) is 42.6 Å². The van der Waals surface area contributed by atoms with Crippen LogP contribution < -0.4 is 5.32 Å². The molecule has 0 unspecified atom stereocenters. The van der Waals surface area contributed by atoms with Crippen LogP contribution in [0.3, 0.4) is 0 Å². The molecular weight excluding hydrogens is 418 g/mol. The van der Waals surface area contributed by atoms with Gasteiger partial charge in [-0.15, -0.1) is 0 Å². The van der Waals surface area contributed by atoms with Gasteiger partial charge in [0.25, 0.3) is 0 Å². The molecule has 1 amide bonds. The summed E-state index contributed by atoms with van der Waals surface area (Å²) in [4.78, 5) is 31.8. The summed E-state index contributed by atoms with van der Waals surface area (Å²) in [6, 6.07) is 11.3. The van der Waals surface area contributed by atoms with Crippen LogP contribution in [0.2, 0.25) is 0 Å². The van der Waals surface area contributed by atoms with Crippen LogP contribution in [-0.4, -0.2) is 47.1 Å². The predicted octanol–water partition coefficient (Wildman–Crippen LogP) is 3.83. The lowest BCUT2D eigenvalue weighted by molar-refractivity contribution is -0.137. The van der Waals surface area contributed by atoms with Crippen LogP contribution >= 0.6 is 0 Å². The zero-order chi connectivity index (χ0) is 23.0. The minimum absolute atomic E-state index is 0.0711. The number of amides is 1. The number of aliphatic carboxylic acids is 1. The van der Waals surface area contributed by atoms with E-state index in [-0.39, 0.29) is 18.9 Å². The number of rotatable bonds is 11. The van der Waals surface area contributed by atoms with Crippen molar-refractivity contribution in [3.63, 3.8) is 0 Å². The molecule has 1 aromatic carbocycles. The van der Waals surface area contributed by atoms with Gasteiger partial charge in [0.05, 0.1) is 0 Å². The van der Waals surface area contributed by atoms with E-state index >= 15 is 0 Å². The highest BCUT2D eigenvalue weighted by molar-refractivity contribution is 5.98. The monoisotopic (exact) mass is 447 g/mol. The van der Waals surface area contributed by atoms with Gasteiger partial charge < -0.3 is 15.2 Å². The van der Waals surface area contributed by atoms with Crippen LogP contribution in [0.5, 0.6) is 0 Å². The SMILES string of the molecule is O=C(O)CCCCC=C(c1ccc(C2=N[C@H](C(=O)NCC3CC3)CO2)cc1)c1cccnc1. The largest absolute Gasteiger partial charge is 0.481 e. The summed E-state index contributed by atoms with van der Waals surface area (Å²) >= 11 is 0. The number of carbonyl (C=O) groups is 2. The molecule has 1 saturated carbocycles. The van der Waals surface area contributed by atoms with E-state index in [4.69, 9.17) is 9.84 Å². The third-order valence-corrected chi connectivity index (χ3v) is 5.82. The molecule has 2 heterocycles. The average molecular weight is 448 g/mol. The average Bonchev–Trinajstić information content (AvgIpc) is 3.54. The van der Waals surface area contributed by atoms with Crippen molar-refractivity contribution >= 4 is 23.3 Å². The maximum Gasteiger partial charge on any atom is 0.303 e. The van der Waals surface area contributed by atoms with E-state index in [0.29, 0.717) is 18.2 Å². The predicted molar refractivity (Wildman–Crippen MR) is 126 cm³/mol. The van der Waals surface area contributed by atoms with Gasteiger partial charge in [0.1, 0.15) is 6.61 Å². The van der Waals surface area contributed by atoms with E-state index in [0.717, 1.165) is 41.6 Å². The maximum atomic E-state index is 12.3. The Morgan fingerprint density at radius 2 is 1.94 bits per heavy atom. The number of ether oxygens (including phenoxy) is 1. The van der Waals surface area contributed by atoms with Gasteiger partial charge in [-0.3, -0.25) is 14.6 Å². The first-order valence-corrected chi connectivity index (χ1v) is 11.5. The number of aliphatic imine (C=N–C) groups is 1. The van der Waals surface area contributed by atoms with Gasteiger partial charge in [0, 0.05) is 36.5 Å². The molecule has 2 aromatic rings. The summed E-state index contributed by atoms with van der Waals surface area (Å²) in [7, 11) is 0. The van der Waals surface area contributed by atoms with Gasteiger partial charge in [-0.1, -0.05) is 24.3 Å². The molecule has 172 valence electrons. The number of allylic oxidation sites excluding steroid dienone is 1. The third kappa shape index (κ3) is 6.51. The molecule has 33 heavy (non-hydrogen) atoms. The molecule has 2 N–H and O–H groups in total. The topological polar surface area (TPSA) is 101 Å². The fourth-order valence-corrected chi connectivity index (χ4v) is 3.73. The quantitative estimate of drug-likeness (QED) is 0.510. The molecule has 0 radical (unpaired) electrons. The molecule has 7 heteroatoms. The number of aromatic nitrogens is 1. The van der Waals surface area contributed by atoms with Crippen LogP contribution in [0.4, 0.5) is 0 Å². The first-order chi connectivity index (χ1) is 16.1. The number of benzene rings is 1. The highest BCUT2D eigenvalue weighted by atomic mass is 16.5. The molecule has 1 aliphatic carbocycles. The van der Waals surface area contributed by atoms with E-state index in [1.54, 1.807) is 6.20 Å². The Morgan fingerprint density at radius 1 is 1.12 bits per heavy atom. The number of hydrogen-bond acceptors (Lipinski definition) is 5. The minimum Gasteiger partial charge on any atom is -0.481 e. The number of carboxylic acids is 1. The van der Waals surface area contributed by atoms with E-state index in [9.17, 15) is 9.59 Å². The highest BCUT2D eigenvalue weighted by Crippen LogP contribution is 2.28. The van der Waals surface area contributed by atoms with Crippen molar-refractivity contribution < 1.29 is 19.4 Å². The van der Waals surface area contributed by atoms with Crippen molar-refractivity contribution in [2.45, 2.75) is 44.6 Å². The summed E-state index contributed by atoms with van der Waals surface area (Å²) < 4.78 is 5.71. The van der Waals surface area contributed by atoms with Crippen molar-refractivity contribution in [2.24, 2.45) is 10.9 Å². The normalized spacial score (nSPS) is 17.9. The maximum absolute atomic E-state index is 12.3. The smallest absolute Gasteiger partial charge is 0.303 e. The number of pyridine rings is 1. The number of hydrogen-bond donors (Lipinski definition) is 2. The third-order valence-electron chi connectivity index (χ3n) is 5.82. The van der Waals surface area contributed by atoms with Crippen molar-refractivity contribution in [3.8, 4) is 0 Å². The summed E-state index contributed by atoms with van der Waals surface area (Å²) in [6.07, 6.45) is 10.5. The lowest BCUT2D eigenvalue weighted by atomic mass is 9.96. The van der Waals surface area contributed by atoms with E-state index in [2.05, 4.69) is 21.4 Å². The minimum atomic E-state index is -0.762. The van der Waals surface area contributed by atoms with Gasteiger partial charge in [-0.25, -0.2) is 4.99 Å². The highest BCUT2D eigenvalue weighted by Gasteiger charge is 2.28. The van der Waals surface area contributed by atoms with E-state index in [1.165, 1.54) is 12.8 Å². The number of unbranched alkanes of at least 4 members (excludes halogenated alkanes) is 2. The molecule has 0 bridgehead atoms. The zero-order valence-corrected chi connectivity index (χ0v) is 18.6. The number of nitrogens with zero attached hydrogens (tertiary/aromatic N) is 2. The molecule has 0 saturated heterocycles. The second-order valence-corrected chi connectivity index (χ2v) is 8.53. The summed E-state index contributed by atoms with van der Waals surface area (Å²) in [6.45, 7) is 0.999. The number of carboxylic acid groups (broad SMARTS) is 1. The molecule has 0 spiro atoms. The Bertz CT molecular complexity index is 1030. The fourth-order valence-electron chi connectivity index (χ4n) is 3.73. The first-order valence-electron chi connectivity index (χ1n) is 11.5. The summed E-state index contributed by atoms with van der Waals surface area (Å²) in [5, 5.41) is 11.8. The van der Waals surface area contributed by atoms with Crippen LogP contribution in [-0.2, 0) is 14.3 Å². The lowest BCUT2D eigenvalue weighted by Gasteiger charge is -2.10. The van der Waals surface area contributed by atoms with Crippen molar-refractivity contribution in [1.82, 2.24) is 10.3 Å². The molecule has 7 nitrogen and oxygen atoms in total. The molecule has 1 atom stereocenters. The Hall–Kier alpha value is -3.48. The Balaban J connectivity index is 1.44. The van der Waals surface area contributed by atoms with Crippen LogP contribution in [0.1, 0.15) is 55.2 Å². The van der Waals surface area contributed by atoms with Gasteiger partial charge in [0.15, 0.2) is 6.04 Å². The summed E-state index contributed by atoms with van der Waals surface area (Å²) in [5.74, 6) is 0.292. The number of carbonyl (C=O) groups excluding carboxylic acids is 1. The summed E-state index contributed by atoms with van der Waals surface area (Å²) in [5.41, 5.74) is 3.92. The lowest BCUT2D eigenvalue weighted by Crippen LogP contribution is -2.35. The van der Waals surface area contributed by atoms with Crippen LogP contribution in [0.25, 0.3) is 5.57 Å². The Morgan fingerprint density at radius 3 is 2.64 bits per heavy atom. The van der Waals surface area contributed by atoms with Gasteiger partial charge in [-0.2, -0.15) is 0 Å². The van der Waals surface area contributed by atoms with Crippen LogP contribution in [0.15, 0.2) is 59.9 Å². The molecule has 1 aromatic heterocycles. The Labute approximate surface area is 193 Å². The molecule has 1 fully saturated rings. The molecule has 2 aliphatic rings. The van der Waals surface area contributed by atoms with Gasteiger partial charge >= 0.3 is 5.97 Å². The van der Waals surface area contributed by atoms with Crippen molar-refractivity contribution in [2.75, 3.05) is 13.2 Å². The van der Waals surface area contributed by atoms with E-state index < -0.39 is 12.0 Å². The zero-order valence-electron chi connectivity index (χ0n) is 18.6. The standard InChI is InChI=1S/C26H29N3O4/c30-24(31)7-3-1-2-6-22(21-5-4-14-27-16-21)19-10-12-20(13-11-19)26-29-23(17-33-26)25(32)28-15-18-8-9-18/h4-6,10-14,16,18,23H,1-3,7-9,15,17H2,(H,28,32)(H,30,31)/t23-/m0/s1. The second-order valence-electron chi connectivity index (χ2n) is 8.53.